The van der Waals surface area contributed by atoms with E-state index in [1.807, 2.05) is 35.2 Å². The number of rotatable bonds is 4. The monoisotopic (exact) mass is 380 g/mol. The van der Waals surface area contributed by atoms with Crippen LogP contribution in [-0.2, 0) is 16.0 Å². The van der Waals surface area contributed by atoms with Crippen molar-refractivity contribution in [3.63, 3.8) is 0 Å². The molecule has 140 valence electrons. The van der Waals surface area contributed by atoms with Gasteiger partial charge in [-0.25, -0.2) is 0 Å². The zero-order valence-electron chi connectivity index (χ0n) is 15.3. The number of carbonyl (C=O) groups is 2. The molecule has 2 aliphatic heterocycles. The molecule has 1 N–H and O–H groups in total. The first kappa shape index (κ1) is 18.1. The summed E-state index contributed by atoms with van der Waals surface area (Å²) < 4.78 is 0. The molecule has 1 atom stereocenters. The molecular weight excluding hydrogens is 356 g/mol. The molecule has 1 unspecified atom stereocenters. The molecule has 2 aliphatic rings. The van der Waals surface area contributed by atoms with Gasteiger partial charge in [0.15, 0.2) is 0 Å². The fourth-order valence-electron chi connectivity index (χ4n) is 3.85. The van der Waals surface area contributed by atoms with Crippen LogP contribution in [-0.4, -0.2) is 35.1 Å². The maximum absolute atomic E-state index is 12.7. The summed E-state index contributed by atoms with van der Waals surface area (Å²) in [5.41, 5.74) is 2.22. The lowest BCUT2D eigenvalue weighted by Crippen LogP contribution is -2.41. The lowest BCUT2D eigenvalue weighted by atomic mass is 9.90. The van der Waals surface area contributed by atoms with E-state index >= 15 is 0 Å². The zero-order valence-corrected chi connectivity index (χ0v) is 16.1. The largest absolute Gasteiger partial charge is 0.343 e. The van der Waals surface area contributed by atoms with Gasteiger partial charge in [0, 0.05) is 24.4 Å². The molecule has 1 fully saturated rings. The minimum atomic E-state index is -0.338. The number of benzene rings is 2. The van der Waals surface area contributed by atoms with Gasteiger partial charge in [0.05, 0.1) is 10.9 Å². The third-order valence-corrected chi connectivity index (χ3v) is 6.68. The van der Waals surface area contributed by atoms with Crippen molar-refractivity contribution in [1.82, 2.24) is 4.90 Å². The van der Waals surface area contributed by atoms with Gasteiger partial charge in [0.1, 0.15) is 0 Å². The second-order valence-corrected chi connectivity index (χ2v) is 8.55. The minimum absolute atomic E-state index is 0.0639. The van der Waals surface area contributed by atoms with E-state index in [2.05, 4.69) is 29.6 Å². The highest BCUT2D eigenvalue weighted by atomic mass is 32.2. The van der Waals surface area contributed by atoms with Crippen molar-refractivity contribution in [1.29, 1.82) is 0 Å². The van der Waals surface area contributed by atoms with Gasteiger partial charge in [-0.3, -0.25) is 9.59 Å². The van der Waals surface area contributed by atoms with Gasteiger partial charge >= 0.3 is 0 Å². The number of amides is 2. The number of nitrogens with one attached hydrogen (secondary N) is 1. The van der Waals surface area contributed by atoms with Crippen molar-refractivity contribution in [2.45, 2.75) is 35.8 Å². The molecule has 0 aromatic heterocycles. The Hall–Kier alpha value is -2.27. The summed E-state index contributed by atoms with van der Waals surface area (Å²) in [5.74, 6) is 0.668. The number of thioether (sulfide) groups is 1. The molecule has 0 aliphatic carbocycles. The summed E-state index contributed by atoms with van der Waals surface area (Å²) in [7, 11) is 0. The average Bonchev–Trinajstić information content (AvgIpc) is 2.70. The predicted octanol–water partition coefficient (Wildman–Crippen LogP) is 3.97. The molecule has 0 spiro atoms. The fraction of sp³-hybridized carbons (Fsp3) is 0.364. The molecular formula is C22H24N2O2S. The van der Waals surface area contributed by atoms with E-state index in [0.717, 1.165) is 42.9 Å². The van der Waals surface area contributed by atoms with Gasteiger partial charge < -0.3 is 10.2 Å². The van der Waals surface area contributed by atoms with E-state index in [0.29, 0.717) is 5.92 Å². The Balaban J connectivity index is 1.29. The van der Waals surface area contributed by atoms with Crippen molar-refractivity contribution in [2.75, 3.05) is 18.4 Å². The van der Waals surface area contributed by atoms with Crippen LogP contribution >= 0.6 is 11.8 Å². The summed E-state index contributed by atoms with van der Waals surface area (Å²) in [6.07, 6.45) is 3.43. The Morgan fingerprint density at radius 2 is 1.74 bits per heavy atom. The third-order valence-electron chi connectivity index (χ3n) is 5.40. The van der Waals surface area contributed by atoms with E-state index in [1.165, 1.54) is 17.3 Å². The number of nitrogens with zero attached hydrogens (tertiary/aromatic N) is 1. The van der Waals surface area contributed by atoms with Gasteiger partial charge in [-0.15, -0.1) is 11.8 Å². The summed E-state index contributed by atoms with van der Waals surface area (Å²) in [6, 6.07) is 18.3. The van der Waals surface area contributed by atoms with Crippen molar-refractivity contribution in [2.24, 2.45) is 5.92 Å². The van der Waals surface area contributed by atoms with Crippen LogP contribution in [0, 0.1) is 5.92 Å². The molecule has 2 aromatic carbocycles. The van der Waals surface area contributed by atoms with Crippen LogP contribution in [0.5, 0.6) is 0 Å². The van der Waals surface area contributed by atoms with E-state index in [4.69, 9.17) is 0 Å². The molecule has 27 heavy (non-hydrogen) atoms. The Labute approximate surface area is 164 Å². The highest BCUT2D eigenvalue weighted by Gasteiger charge is 2.31. The maximum atomic E-state index is 12.7. The van der Waals surface area contributed by atoms with Crippen LogP contribution in [0.1, 0.15) is 24.8 Å². The van der Waals surface area contributed by atoms with E-state index in [9.17, 15) is 9.59 Å². The van der Waals surface area contributed by atoms with Gasteiger partial charge in [-0.1, -0.05) is 42.5 Å². The molecule has 2 amide bonds. The number of carbonyl (C=O) groups excluding carboxylic acids is 2. The summed E-state index contributed by atoms with van der Waals surface area (Å²) in [4.78, 5) is 28.0. The highest BCUT2D eigenvalue weighted by Crippen LogP contribution is 2.37. The Morgan fingerprint density at radius 3 is 2.52 bits per heavy atom. The topological polar surface area (TPSA) is 49.4 Å². The van der Waals surface area contributed by atoms with Gasteiger partial charge in [-0.05, 0) is 42.9 Å². The number of hydrogen-bond donors (Lipinski definition) is 1. The first-order valence-electron chi connectivity index (χ1n) is 9.57. The van der Waals surface area contributed by atoms with Crippen LogP contribution in [0.4, 0.5) is 5.69 Å². The van der Waals surface area contributed by atoms with Crippen LogP contribution < -0.4 is 5.32 Å². The van der Waals surface area contributed by atoms with Crippen molar-refractivity contribution in [3.8, 4) is 0 Å². The van der Waals surface area contributed by atoms with Crippen LogP contribution in [0.2, 0.25) is 0 Å². The van der Waals surface area contributed by atoms with Crippen molar-refractivity contribution < 1.29 is 9.59 Å². The van der Waals surface area contributed by atoms with Crippen LogP contribution in [0.3, 0.4) is 0 Å². The number of likely N-dealkylation sites (tertiary alicyclic amines) is 1. The van der Waals surface area contributed by atoms with Crippen LogP contribution in [0.15, 0.2) is 59.5 Å². The predicted molar refractivity (Wildman–Crippen MR) is 109 cm³/mol. The fourth-order valence-corrected chi connectivity index (χ4v) is 4.95. The second kappa shape index (κ2) is 8.17. The van der Waals surface area contributed by atoms with E-state index in [1.54, 1.807) is 0 Å². The minimum Gasteiger partial charge on any atom is -0.343 e. The van der Waals surface area contributed by atoms with Crippen molar-refractivity contribution >= 4 is 29.3 Å². The number of fused-ring (bicyclic) bond motifs is 1. The summed E-state index contributed by atoms with van der Waals surface area (Å²) >= 11 is 1.50. The lowest BCUT2D eigenvalue weighted by molar-refractivity contribution is -0.133. The quantitative estimate of drug-likeness (QED) is 0.873. The second-order valence-electron chi connectivity index (χ2n) is 7.31. The lowest BCUT2D eigenvalue weighted by Gasteiger charge is -2.33. The van der Waals surface area contributed by atoms with E-state index in [-0.39, 0.29) is 23.5 Å². The number of para-hydroxylation sites is 1. The molecule has 4 nitrogen and oxygen atoms in total. The normalized spacial score (nSPS) is 20.1. The first-order valence-corrected chi connectivity index (χ1v) is 10.5. The molecule has 5 heteroatoms. The Kier molecular flexibility index (Phi) is 5.48. The Morgan fingerprint density at radius 1 is 1.04 bits per heavy atom. The molecule has 0 bridgehead atoms. The van der Waals surface area contributed by atoms with Gasteiger partial charge in [-0.2, -0.15) is 0 Å². The molecule has 1 saturated heterocycles. The van der Waals surface area contributed by atoms with Crippen LogP contribution in [0.25, 0.3) is 0 Å². The summed E-state index contributed by atoms with van der Waals surface area (Å²) in [6.45, 7) is 1.60. The molecule has 0 saturated carbocycles. The molecule has 0 radical (unpaired) electrons. The number of piperidine rings is 1. The molecule has 4 rings (SSSR count). The third kappa shape index (κ3) is 4.35. The molecule has 2 aromatic rings. The number of anilines is 1. The summed E-state index contributed by atoms with van der Waals surface area (Å²) in [5, 5.41) is 2.58. The zero-order chi connectivity index (χ0) is 18.6. The smallest absolute Gasteiger partial charge is 0.238 e. The standard InChI is InChI=1S/C22H24N2O2S/c25-21(15-20-22(26)23-18-8-4-5-9-19(18)27-20)24-12-10-17(11-13-24)14-16-6-2-1-3-7-16/h1-9,17,20H,10-15H2,(H,23,26). The van der Waals surface area contributed by atoms with Crippen molar-refractivity contribution in [3.05, 3.63) is 60.2 Å². The Bertz CT molecular complexity index is 816. The maximum Gasteiger partial charge on any atom is 0.238 e. The van der Waals surface area contributed by atoms with E-state index < -0.39 is 0 Å². The number of hydrogen-bond acceptors (Lipinski definition) is 3. The van der Waals surface area contributed by atoms with Gasteiger partial charge in [0.25, 0.3) is 0 Å². The SMILES string of the molecule is O=C1Nc2ccccc2SC1CC(=O)N1CCC(Cc2ccccc2)CC1. The highest BCUT2D eigenvalue weighted by molar-refractivity contribution is 8.01. The first-order chi connectivity index (χ1) is 13.2. The van der Waals surface area contributed by atoms with Gasteiger partial charge in [0.2, 0.25) is 11.8 Å². The molecule has 2 heterocycles. The average molecular weight is 381 g/mol.